The lowest BCUT2D eigenvalue weighted by molar-refractivity contribution is -0.136. The number of hydrogen-bond acceptors (Lipinski definition) is 4. The lowest BCUT2D eigenvalue weighted by Crippen LogP contribution is -2.11. The fourth-order valence-corrected chi connectivity index (χ4v) is 2.39. The first-order valence-electron chi connectivity index (χ1n) is 6.17. The van der Waals surface area contributed by atoms with E-state index in [4.69, 9.17) is 5.73 Å². The Morgan fingerprint density at radius 2 is 2.05 bits per heavy atom. The van der Waals surface area contributed by atoms with Gasteiger partial charge in [0.05, 0.1) is 0 Å². The number of tetrazole rings is 1. The summed E-state index contributed by atoms with van der Waals surface area (Å²) in [6.45, 7) is 1.90. The summed E-state index contributed by atoms with van der Waals surface area (Å²) in [4.78, 5) is 0. The zero-order valence-corrected chi connectivity index (χ0v) is 12.7. The predicted molar refractivity (Wildman–Crippen MR) is 75.4 cm³/mol. The third kappa shape index (κ3) is 3.93. The van der Waals surface area contributed by atoms with Crippen molar-refractivity contribution in [2.45, 2.75) is 32.5 Å². The van der Waals surface area contributed by atoms with Gasteiger partial charge in [0.1, 0.15) is 0 Å². The van der Waals surface area contributed by atoms with Crippen molar-refractivity contribution in [1.82, 2.24) is 20.2 Å². The SMILES string of the molecule is Cc1c(N)cc(Br)cc1-c1nnnn1CCCC(F)(F)F. The van der Waals surface area contributed by atoms with E-state index in [-0.39, 0.29) is 13.0 Å². The Labute approximate surface area is 127 Å². The van der Waals surface area contributed by atoms with E-state index in [0.717, 1.165) is 10.0 Å². The van der Waals surface area contributed by atoms with Gasteiger partial charge >= 0.3 is 6.18 Å². The molecule has 0 atom stereocenters. The third-order valence-corrected chi connectivity index (χ3v) is 3.47. The van der Waals surface area contributed by atoms with Gasteiger partial charge in [-0.05, 0) is 41.5 Å². The Hall–Kier alpha value is -1.64. The van der Waals surface area contributed by atoms with Gasteiger partial charge in [-0.2, -0.15) is 13.2 Å². The minimum absolute atomic E-state index is 0.0793. The number of hydrogen-bond donors (Lipinski definition) is 1. The van der Waals surface area contributed by atoms with Gasteiger partial charge in [0, 0.05) is 28.7 Å². The second kappa shape index (κ2) is 6.00. The molecule has 2 rings (SSSR count). The van der Waals surface area contributed by atoms with Crippen LogP contribution in [0.15, 0.2) is 16.6 Å². The van der Waals surface area contributed by atoms with Crippen LogP contribution < -0.4 is 5.73 Å². The van der Waals surface area contributed by atoms with Crippen molar-refractivity contribution in [1.29, 1.82) is 0 Å². The maximum absolute atomic E-state index is 12.2. The van der Waals surface area contributed by atoms with Crippen molar-refractivity contribution in [3.8, 4) is 11.4 Å². The van der Waals surface area contributed by atoms with Crippen molar-refractivity contribution in [3.63, 3.8) is 0 Å². The molecule has 1 aromatic heterocycles. The van der Waals surface area contributed by atoms with Gasteiger partial charge in [-0.1, -0.05) is 15.9 Å². The molecular weight excluding hydrogens is 351 g/mol. The van der Waals surface area contributed by atoms with Crippen LogP contribution in [-0.4, -0.2) is 26.4 Å². The molecule has 1 heterocycles. The molecule has 0 aliphatic rings. The Bertz CT molecular complexity index is 638. The third-order valence-electron chi connectivity index (χ3n) is 3.02. The summed E-state index contributed by atoms with van der Waals surface area (Å²) in [7, 11) is 0. The molecule has 0 fully saturated rings. The van der Waals surface area contributed by atoms with E-state index in [9.17, 15) is 13.2 Å². The van der Waals surface area contributed by atoms with E-state index in [1.54, 1.807) is 12.1 Å². The molecule has 2 N–H and O–H groups in total. The topological polar surface area (TPSA) is 69.6 Å². The number of nitrogens with zero attached hydrogens (tertiary/aromatic N) is 4. The highest BCUT2D eigenvalue weighted by molar-refractivity contribution is 9.10. The molecule has 5 nitrogen and oxygen atoms in total. The van der Waals surface area contributed by atoms with E-state index in [2.05, 4.69) is 31.5 Å². The summed E-state index contributed by atoms with van der Waals surface area (Å²) in [6.07, 6.45) is -5.12. The molecular formula is C12H13BrF3N5. The number of nitrogens with two attached hydrogens (primary N) is 1. The van der Waals surface area contributed by atoms with Crippen LogP contribution in [0.3, 0.4) is 0 Å². The molecule has 1 aromatic carbocycles. The standard InChI is InChI=1S/C12H13BrF3N5/c1-7-9(5-8(13)6-10(7)17)11-18-19-20-21(11)4-2-3-12(14,15)16/h5-6H,2-4,17H2,1H3. The number of alkyl halides is 3. The predicted octanol–water partition coefficient (Wildman–Crippen LogP) is 3.34. The summed E-state index contributed by atoms with van der Waals surface area (Å²) in [5.74, 6) is 0.405. The molecule has 114 valence electrons. The van der Waals surface area contributed by atoms with Gasteiger partial charge < -0.3 is 5.73 Å². The van der Waals surface area contributed by atoms with Gasteiger partial charge in [-0.3, -0.25) is 0 Å². The van der Waals surface area contributed by atoms with Crippen molar-refractivity contribution in [2.75, 3.05) is 5.73 Å². The zero-order chi connectivity index (χ0) is 15.6. The molecule has 0 amide bonds. The number of aryl methyl sites for hydroxylation is 1. The fraction of sp³-hybridized carbons (Fsp3) is 0.417. The van der Waals surface area contributed by atoms with Gasteiger partial charge in [0.15, 0.2) is 5.82 Å². The summed E-state index contributed by atoms with van der Waals surface area (Å²) >= 11 is 3.33. The molecule has 0 spiro atoms. The number of rotatable bonds is 4. The first kappa shape index (κ1) is 15.7. The molecule has 0 unspecified atom stereocenters. The Kier molecular flexibility index (Phi) is 4.50. The molecule has 9 heteroatoms. The summed E-state index contributed by atoms with van der Waals surface area (Å²) in [5.41, 5.74) is 7.91. The number of nitrogen functional groups attached to an aromatic ring is 1. The van der Waals surface area contributed by atoms with Crippen molar-refractivity contribution < 1.29 is 13.2 Å². The number of anilines is 1. The number of benzene rings is 1. The highest BCUT2D eigenvalue weighted by Crippen LogP contribution is 2.30. The Morgan fingerprint density at radius 1 is 1.33 bits per heavy atom. The summed E-state index contributed by atoms with van der Waals surface area (Å²) in [5, 5.41) is 11.2. The molecule has 0 radical (unpaired) electrons. The lowest BCUT2D eigenvalue weighted by Gasteiger charge is -2.10. The second-order valence-corrected chi connectivity index (χ2v) is 5.53. The summed E-state index contributed by atoms with van der Waals surface area (Å²) in [6, 6.07) is 3.54. The minimum atomic E-state index is -4.18. The largest absolute Gasteiger partial charge is 0.398 e. The maximum atomic E-state index is 12.2. The molecule has 0 bridgehead atoms. The average molecular weight is 364 g/mol. The van der Waals surface area contributed by atoms with Crippen LogP contribution in [0.1, 0.15) is 18.4 Å². The monoisotopic (exact) mass is 363 g/mol. The van der Waals surface area contributed by atoms with Gasteiger partial charge in [0.25, 0.3) is 0 Å². The van der Waals surface area contributed by atoms with E-state index in [1.165, 1.54) is 4.68 Å². The van der Waals surface area contributed by atoms with Gasteiger partial charge in [-0.25, -0.2) is 4.68 Å². The molecule has 2 aromatic rings. The number of aromatic nitrogens is 4. The normalized spacial score (nSPS) is 11.9. The van der Waals surface area contributed by atoms with E-state index < -0.39 is 12.6 Å². The fourth-order valence-electron chi connectivity index (χ4n) is 1.91. The van der Waals surface area contributed by atoms with Crippen LogP contribution in [0.4, 0.5) is 18.9 Å². The molecule has 0 saturated heterocycles. The van der Waals surface area contributed by atoms with E-state index in [0.29, 0.717) is 17.1 Å². The van der Waals surface area contributed by atoms with Crippen LogP contribution in [0.25, 0.3) is 11.4 Å². The van der Waals surface area contributed by atoms with E-state index >= 15 is 0 Å². The van der Waals surface area contributed by atoms with Crippen molar-refractivity contribution >= 4 is 21.6 Å². The number of halogens is 4. The molecule has 0 saturated carbocycles. The molecule has 0 aliphatic heterocycles. The minimum Gasteiger partial charge on any atom is -0.398 e. The average Bonchev–Trinajstić information content (AvgIpc) is 2.80. The smallest absolute Gasteiger partial charge is 0.389 e. The van der Waals surface area contributed by atoms with Crippen molar-refractivity contribution in [2.24, 2.45) is 0 Å². The van der Waals surface area contributed by atoms with Gasteiger partial charge in [-0.15, -0.1) is 5.10 Å². The molecule has 0 aliphatic carbocycles. The van der Waals surface area contributed by atoms with E-state index in [1.807, 2.05) is 6.92 Å². The Balaban J connectivity index is 2.25. The van der Waals surface area contributed by atoms with Crippen molar-refractivity contribution in [3.05, 3.63) is 22.2 Å². The quantitative estimate of drug-likeness (QED) is 0.845. The lowest BCUT2D eigenvalue weighted by atomic mass is 10.1. The van der Waals surface area contributed by atoms with Crippen LogP contribution in [0, 0.1) is 6.92 Å². The summed E-state index contributed by atoms with van der Waals surface area (Å²) < 4.78 is 38.7. The highest BCUT2D eigenvalue weighted by atomic mass is 79.9. The second-order valence-electron chi connectivity index (χ2n) is 4.61. The van der Waals surface area contributed by atoms with Crippen LogP contribution >= 0.6 is 15.9 Å². The van der Waals surface area contributed by atoms with Gasteiger partial charge in [0.2, 0.25) is 0 Å². The van der Waals surface area contributed by atoms with Crippen LogP contribution in [0.5, 0.6) is 0 Å². The first-order chi connectivity index (χ1) is 9.78. The molecule has 21 heavy (non-hydrogen) atoms. The first-order valence-corrected chi connectivity index (χ1v) is 6.96. The van der Waals surface area contributed by atoms with Crippen LogP contribution in [0.2, 0.25) is 0 Å². The van der Waals surface area contributed by atoms with Crippen LogP contribution in [-0.2, 0) is 6.54 Å². The zero-order valence-electron chi connectivity index (χ0n) is 11.2. The highest BCUT2D eigenvalue weighted by Gasteiger charge is 2.26. The maximum Gasteiger partial charge on any atom is 0.389 e. The Morgan fingerprint density at radius 3 is 2.71 bits per heavy atom.